The summed E-state index contributed by atoms with van der Waals surface area (Å²) in [6.07, 6.45) is 2.22. The maximum absolute atomic E-state index is 6.30. The Morgan fingerprint density at radius 1 is 1.18 bits per heavy atom. The van der Waals surface area contributed by atoms with Crippen LogP contribution in [0.4, 0.5) is 0 Å². The van der Waals surface area contributed by atoms with Crippen LogP contribution in [0.2, 0.25) is 0 Å². The largest absolute Gasteiger partial charge is 0.325 e. The van der Waals surface area contributed by atoms with Crippen molar-refractivity contribution in [1.29, 1.82) is 0 Å². The van der Waals surface area contributed by atoms with Crippen molar-refractivity contribution in [2.45, 2.75) is 39.2 Å². The molecule has 0 aromatic rings. The van der Waals surface area contributed by atoms with Crippen LogP contribution in [0, 0.1) is 5.41 Å². The number of nitrogens with one attached hydrogen (secondary N) is 1. The Morgan fingerprint density at radius 2 is 1.64 bits per heavy atom. The lowest BCUT2D eigenvalue weighted by Crippen LogP contribution is -2.57. The average Bonchev–Trinajstić information content (AvgIpc) is 1.87. The van der Waals surface area contributed by atoms with E-state index in [9.17, 15) is 0 Å². The van der Waals surface area contributed by atoms with Crippen LogP contribution >= 0.6 is 0 Å². The number of nitrogens with two attached hydrogens (primary N) is 1. The standard InChI is InChI=1S/C9H20N2/c1-8(2,3)9(10)4-6-11-7-5-9/h11H,4-7,10H2,1-3H3. The fourth-order valence-electron chi connectivity index (χ4n) is 1.62. The molecule has 0 aliphatic carbocycles. The maximum atomic E-state index is 6.30. The summed E-state index contributed by atoms with van der Waals surface area (Å²) >= 11 is 0. The molecule has 3 N–H and O–H groups in total. The van der Waals surface area contributed by atoms with Gasteiger partial charge in [0.15, 0.2) is 0 Å². The molecule has 11 heavy (non-hydrogen) atoms. The molecule has 1 aliphatic rings. The van der Waals surface area contributed by atoms with Crippen LogP contribution in [0.1, 0.15) is 33.6 Å². The second-order valence-corrected chi connectivity index (χ2v) is 4.66. The van der Waals surface area contributed by atoms with Gasteiger partial charge < -0.3 is 11.1 Å². The van der Waals surface area contributed by atoms with Crippen molar-refractivity contribution in [2.24, 2.45) is 11.1 Å². The maximum Gasteiger partial charge on any atom is 0.0227 e. The van der Waals surface area contributed by atoms with Gasteiger partial charge in [-0.05, 0) is 31.3 Å². The molecule has 0 bridgehead atoms. The van der Waals surface area contributed by atoms with E-state index < -0.39 is 0 Å². The van der Waals surface area contributed by atoms with Gasteiger partial charge in [0.05, 0.1) is 0 Å². The minimum absolute atomic E-state index is 0.0538. The van der Waals surface area contributed by atoms with Crippen molar-refractivity contribution in [3.8, 4) is 0 Å². The summed E-state index contributed by atoms with van der Waals surface area (Å²) in [5.74, 6) is 0. The summed E-state index contributed by atoms with van der Waals surface area (Å²) in [6, 6.07) is 0. The van der Waals surface area contributed by atoms with Crippen molar-refractivity contribution in [3.05, 3.63) is 0 Å². The monoisotopic (exact) mass is 156 g/mol. The molecule has 0 atom stereocenters. The predicted molar refractivity (Wildman–Crippen MR) is 48.5 cm³/mol. The van der Waals surface area contributed by atoms with Crippen LogP contribution in [-0.2, 0) is 0 Å². The first kappa shape index (κ1) is 9.01. The fraction of sp³-hybridized carbons (Fsp3) is 1.00. The highest BCUT2D eigenvalue weighted by molar-refractivity contribution is 4.97. The SMILES string of the molecule is CC(C)(C)C1(N)CCNCC1. The van der Waals surface area contributed by atoms with Gasteiger partial charge in [-0.25, -0.2) is 0 Å². The van der Waals surface area contributed by atoms with E-state index in [1.54, 1.807) is 0 Å². The first-order chi connectivity index (χ1) is 4.96. The average molecular weight is 156 g/mol. The highest BCUT2D eigenvalue weighted by atomic mass is 14.9. The van der Waals surface area contributed by atoms with E-state index in [4.69, 9.17) is 5.73 Å². The lowest BCUT2D eigenvalue weighted by Gasteiger charge is -2.44. The molecule has 0 unspecified atom stereocenters. The topological polar surface area (TPSA) is 38.0 Å². The minimum atomic E-state index is 0.0538. The van der Waals surface area contributed by atoms with Crippen LogP contribution in [0.3, 0.4) is 0 Å². The van der Waals surface area contributed by atoms with Crippen LogP contribution in [0.5, 0.6) is 0 Å². The van der Waals surface area contributed by atoms with E-state index in [0.717, 1.165) is 25.9 Å². The Bertz CT molecular complexity index is 129. The van der Waals surface area contributed by atoms with E-state index >= 15 is 0 Å². The van der Waals surface area contributed by atoms with E-state index in [1.165, 1.54) is 0 Å². The molecule has 0 aromatic carbocycles. The van der Waals surface area contributed by atoms with Crippen LogP contribution < -0.4 is 11.1 Å². The highest BCUT2D eigenvalue weighted by Gasteiger charge is 2.38. The number of hydrogen-bond donors (Lipinski definition) is 2. The lowest BCUT2D eigenvalue weighted by molar-refractivity contribution is 0.141. The van der Waals surface area contributed by atoms with Gasteiger partial charge in [0.2, 0.25) is 0 Å². The van der Waals surface area contributed by atoms with E-state index in [1.807, 2.05) is 0 Å². The molecule has 0 spiro atoms. The third-order valence-corrected chi connectivity index (χ3v) is 2.99. The molecule has 2 nitrogen and oxygen atoms in total. The van der Waals surface area contributed by atoms with Gasteiger partial charge >= 0.3 is 0 Å². The van der Waals surface area contributed by atoms with Crippen molar-refractivity contribution >= 4 is 0 Å². The van der Waals surface area contributed by atoms with Crippen LogP contribution in [0.25, 0.3) is 0 Å². The van der Waals surface area contributed by atoms with E-state index in [0.29, 0.717) is 0 Å². The molecule has 1 fully saturated rings. The predicted octanol–water partition coefficient (Wildman–Crippen LogP) is 1.11. The Hall–Kier alpha value is -0.0800. The molecule has 1 rings (SSSR count). The van der Waals surface area contributed by atoms with E-state index in [-0.39, 0.29) is 11.0 Å². The molecule has 2 heteroatoms. The van der Waals surface area contributed by atoms with Gasteiger partial charge in [-0.2, -0.15) is 0 Å². The molecule has 1 heterocycles. The van der Waals surface area contributed by atoms with Gasteiger partial charge in [0, 0.05) is 5.54 Å². The molecular weight excluding hydrogens is 136 g/mol. The van der Waals surface area contributed by atoms with Gasteiger partial charge in [-0.3, -0.25) is 0 Å². The molecule has 1 aliphatic heterocycles. The number of rotatable bonds is 0. The highest BCUT2D eigenvalue weighted by Crippen LogP contribution is 2.34. The van der Waals surface area contributed by atoms with Crippen LogP contribution in [-0.4, -0.2) is 18.6 Å². The number of piperidine rings is 1. The summed E-state index contributed by atoms with van der Waals surface area (Å²) in [4.78, 5) is 0. The summed E-state index contributed by atoms with van der Waals surface area (Å²) < 4.78 is 0. The van der Waals surface area contributed by atoms with Gasteiger partial charge in [-0.15, -0.1) is 0 Å². The third-order valence-electron chi connectivity index (χ3n) is 2.99. The van der Waals surface area contributed by atoms with Crippen LogP contribution in [0.15, 0.2) is 0 Å². The smallest absolute Gasteiger partial charge is 0.0227 e. The zero-order valence-electron chi connectivity index (χ0n) is 7.91. The number of hydrogen-bond acceptors (Lipinski definition) is 2. The molecule has 0 aromatic heterocycles. The van der Waals surface area contributed by atoms with Crippen molar-refractivity contribution < 1.29 is 0 Å². The molecule has 0 saturated carbocycles. The zero-order chi connectivity index (χ0) is 8.54. The quantitative estimate of drug-likeness (QED) is 0.551. The first-order valence-corrected chi connectivity index (χ1v) is 4.45. The molecule has 66 valence electrons. The summed E-state index contributed by atoms with van der Waals surface area (Å²) in [7, 11) is 0. The lowest BCUT2D eigenvalue weighted by atomic mass is 9.69. The van der Waals surface area contributed by atoms with Crippen molar-refractivity contribution in [2.75, 3.05) is 13.1 Å². The molecular formula is C9H20N2. The normalized spacial score (nSPS) is 25.1. The van der Waals surface area contributed by atoms with Crippen molar-refractivity contribution in [3.63, 3.8) is 0 Å². The summed E-state index contributed by atoms with van der Waals surface area (Å²) in [5.41, 5.74) is 6.60. The Balaban J connectivity index is 2.64. The van der Waals surface area contributed by atoms with Gasteiger partial charge in [0.25, 0.3) is 0 Å². The second-order valence-electron chi connectivity index (χ2n) is 4.66. The summed E-state index contributed by atoms with van der Waals surface area (Å²) in [5, 5.41) is 3.33. The Kier molecular flexibility index (Phi) is 2.26. The molecule has 1 saturated heterocycles. The minimum Gasteiger partial charge on any atom is -0.325 e. The Labute approximate surface area is 69.5 Å². The zero-order valence-corrected chi connectivity index (χ0v) is 7.91. The molecule has 0 amide bonds. The van der Waals surface area contributed by atoms with E-state index in [2.05, 4.69) is 26.1 Å². The molecule has 0 radical (unpaired) electrons. The second kappa shape index (κ2) is 2.76. The fourth-order valence-corrected chi connectivity index (χ4v) is 1.62. The third kappa shape index (κ3) is 1.74. The first-order valence-electron chi connectivity index (χ1n) is 4.45. The van der Waals surface area contributed by atoms with Crippen molar-refractivity contribution in [1.82, 2.24) is 5.32 Å². The van der Waals surface area contributed by atoms with Gasteiger partial charge in [0.1, 0.15) is 0 Å². The Morgan fingerprint density at radius 3 is 1.91 bits per heavy atom. The van der Waals surface area contributed by atoms with Gasteiger partial charge in [-0.1, -0.05) is 20.8 Å². The summed E-state index contributed by atoms with van der Waals surface area (Å²) in [6.45, 7) is 8.86.